The third kappa shape index (κ3) is 4.57. The van der Waals surface area contributed by atoms with Crippen molar-refractivity contribution in [3.05, 3.63) is 59.2 Å². The Labute approximate surface area is 178 Å². The van der Waals surface area contributed by atoms with Crippen molar-refractivity contribution in [2.45, 2.75) is 51.0 Å². The first-order valence-corrected chi connectivity index (χ1v) is 10.5. The number of nitrogens with zero attached hydrogens (tertiary/aromatic N) is 2. The summed E-state index contributed by atoms with van der Waals surface area (Å²) >= 11 is 0. The van der Waals surface area contributed by atoms with Crippen LogP contribution in [-0.4, -0.2) is 29.3 Å². The van der Waals surface area contributed by atoms with Crippen molar-refractivity contribution in [3.63, 3.8) is 0 Å². The molecule has 1 aromatic heterocycles. The number of amides is 2. The van der Waals surface area contributed by atoms with Crippen LogP contribution in [0.3, 0.4) is 0 Å². The van der Waals surface area contributed by atoms with Crippen LogP contribution < -0.4 is 10.2 Å². The normalized spacial score (nSPS) is 19.0. The highest BCUT2D eigenvalue weighted by Gasteiger charge is 2.39. The number of benzene rings is 1. The lowest BCUT2D eigenvalue weighted by Crippen LogP contribution is -2.38. The number of carbonyl (C=O) groups is 2. The molecule has 0 radical (unpaired) electrons. The van der Waals surface area contributed by atoms with Crippen LogP contribution in [0.2, 0.25) is 0 Å². The van der Waals surface area contributed by atoms with Gasteiger partial charge in [-0.25, -0.2) is 13.8 Å². The minimum absolute atomic E-state index is 0.0767. The van der Waals surface area contributed by atoms with Crippen molar-refractivity contribution in [1.29, 1.82) is 0 Å². The van der Waals surface area contributed by atoms with Gasteiger partial charge in [0.2, 0.25) is 17.8 Å². The molecule has 2 amide bonds. The summed E-state index contributed by atoms with van der Waals surface area (Å²) in [7, 11) is 0. The van der Waals surface area contributed by atoms with Crippen LogP contribution in [0.4, 0.5) is 18.9 Å². The highest BCUT2D eigenvalue weighted by Crippen LogP contribution is 2.39. The van der Waals surface area contributed by atoms with Gasteiger partial charge >= 0.3 is 0 Å². The first kappa shape index (κ1) is 21.3. The summed E-state index contributed by atoms with van der Waals surface area (Å²) in [6, 6.07) is 7.88. The number of halogens is 3. The molecule has 8 heteroatoms. The van der Waals surface area contributed by atoms with Crippen molar-refractivity contribution in [2.75, 3.05) is 11.4 Å². The topological polar surface area (TPSA) is 62.3 Å². The van der Waals surface area contributed by atoms with E-state index in [-0.39, 0.29) is 55.0 Å². The number of fused-ring (bicyclic) bond motifs is 1. The number of nitrogens with one attached hydrogen (secondary N) is 1. The van der Waals surface area contributed by atoms with Crippen LogP contribution in [0, 0.1) is 11.9 Å². The summed E-state index contributed by atoms with van der Waals surface area (Å²) in [5, 5.41) is 2.86. The van der Waals surface area contributed by atoms with Crippen molar-refractivity contribution in [1.82, 2.24) is 10.3 Å². The first-order chi connectivity index (χ1) is 14.7. The summed E-state index contributed by atoms with van der Waals surface area (Å²) in [6.45, 7) is 2.38. The average molecular weight is 431 g/mol. The average Bonchev–Trinajstić information content (AvgIpc) is 3.17. The Morgan fingerprint density at radius 2 is 1.94 bits per heavy atom. The van der Waals surface area contributed by atoms with E-state index in [1.807, 2.05) is 25.1 Å². The van der Waals surface area contributed by atoms with Gasteiger partial charge in [0.25, 0.3) is 5.91 Å². The zero-order chi connectivity index (χ0) is 22.2. The van der Waals surface area contributed by atoms with Crippen LogP contribution in [-0.2, 0) is 11.2 Å². The molecule has 1 N–H and O–H groups in total. The molecule has 1 aromatic carbocycles. The van der Waals surface area contributed by atoms with Gasteiger partial charge in [0.1, 0.15) is 0 Å². The van der Waals surface area contributed by atoms with Gasteiger partial charge in [-0.1, -0.05) is 12.1 Å². The standard InChI is InChI=1S/C23H24F3N3O2/c1-14(28-21(30)18-3-5-20(24)27-13-18)16-2-4-19-17(12-16)8-11-29(19)22(31)15-6-9-23(25,26)10-7-15/h2-5,12-15H,6-11H2,1H3,(H,28,30). The van der Waals surface area contributed by atoms with E-state index >= 15 is 0 Å². The smallest absolute Gasteiger partial charge is 0.253 e. The predicted octanol–water partition coefficient (Wildman–Crippen LogP) is 4.43. The van der Waals surface area contributed by atoms with E-state index in [0.29, 0.717) is 13.0 Å². The highest BCUT2D eigenvalue weighted by atomic mass is 19.3. The molecular weight excluding hydrogens is 407 g/mol. The lowest BCUT2D eigenvalue weighted by Gasteiger charge is -2.30. The van der Waals surface area contributed by atoms with E-state index < -0.39 is 11.9 Å². The maximum atomic E-state index is 13.4. The minimum Gasteiger partial charge on any atom is -0.345 e. The summed E-state index contributed by atoms with van der Waals surface area (Å²) in [5.74, 6) is -4.09. The number of hydrogen-bond donors (Lipinski definition) is 1. The molecule has 2 aromatic rings. The highest BCUT2D eigenvalue weighted by molar-refractivity contribution is 5.97. The molecule has 1 saturated carbocycles. The monoisotopic (exact) mass is 431 g/mol. The van der Waals surface area contributed by atoms with E-state index in [4.69, 9.17) is 0 Å². The van der Waals surface area contributed by atoms with E-state index in [1.165, 1.54) is 12.3 Å². The zero-order valence-electron chi connectivity index (χ0n) is 17.2. The molecule has 1 atom stereocenters. The van der Waals surface area contributed by atoms with Crippen LogP contribution >= 0.6 is 0 Å². The van der Waals surface area contributed by atoms with Crippen LogP contribution in [0.5, 0.6) is 0 Å². The van der Waals surface area contributed by atoms with Crippen molar-refractivity contribution >= 4 is 17.5 Å². The van der Waals surface area contributed by atoms with Gasteiger partial charge in [-0.2, -0.15) is 4.39 Å². The predicted molar refractivity (Wildman–Crippen MR) is 109 cm³/mol. The molecule has 1 aliphatic heterocycles. The molecule has 1 unspecified atom stereocenters. The number of rotatable bonds is 4. The largest absolute Gasteiger partial charge is 0.345 e. The van der Waals surface area contributed by atoms with E-state index in [2.05, 4.69) is 10.3 Å². The quantitative estimate of drug-likeness (QED) is 0.729. The Morgan fingerprint density at radius 3 is 2.61 bits per heavy atom. The Morgan fingerprint density at radius 1 is 1.19 bits per heavy atom. The fraction of sp³-hybridized carbons (Fsp3) is 0.435. The number of hydrogen-bond acceptors (Lipinski definition) is 3. The number of pyridine rings is 1. The molecule has 0 spiro atoms. The van der Waals surface area contributed by atoms with Crippen LogP contribution in [0.1, 0.15) is 60.1 Å². The summed E-state index contributed by atoms with van der Waals surface area (Å²) in [6.07, 6.45) is 1.84. The Bertz CT molecular complexity index is 984. The van der Waals surface area contributed by atoms with Gasteiger partial charge < -0.3 is 10.2 Å². The van der Waals surface area contributed by atoms with Gasteiger partial charge in [-0.15, -0.1) is 0 Å². The van der Waals surface area contributed by atoms with E-state index in [0.717, 1.165) is 22.9 Å². The number of carbonyl (C=O) groups excluding carboxylic acids is 2. The van der Waals surface area contributed by atoms with Gasteiger partial charge in [-0.3, -0.25) is 9.59 Å². The number of aromatic nitrogens is 1. The molecule has 0 bridgehead atoms. The van der Waals surface area contributed by atoms with Gasteiger partial charge in [0, 0.05) is 37.2 Å². The third-order valence-electron chi connectivity index (χ3n) is 6.17. The fourth-order valence-corrected chi connectivity index (χ4v) is 4.30. The second kappa shape index (κ2) is 8.32. The minimum atomic E-state index is -2.65. The van der Waals surface area contributed by atoms with E-state index in [9.17, 15) is 22.8 Å². The number of alkyl halides is 2. The SMILES string of the molecule is CC(NC(=O)c1ccc(F)nc1)c1ccc2c(c1)CCN2C(=O)C1CCC(F)(F)CC1. The molecule has 0 saturated heterocycles. The van der Waals surface area contributed by atoms with E-state index in [1.54, 1.807) is 4.90 Å². The molecule has 31 heavy (non-hydrogen) atoms. The van der Waals surface area contributed by atoms with Crippen LogP contribution in [0.15, 0.2) is 36.5 Å². The summed E-state index contributed by atoms with van der Waals surface area (Å²) in [4.78, 5) is 30.5. The molecular formula is C23H24F3N3O2. The maximum absolute atomic E-state index is 13.4. The Kier molecular flexibility index (Phi) is 5.73. The summed E-state index contributed by atoms with van der Waals surface area (Å²) < 4.78 is 39.8. The fourth-order valence-electron chi connectivity index (χ4n) is 4.30. The maximum Gasteiger partial charge on any atom is 0.253 e. The van der Waals surface area contributed by atoms with Gasteiger partial charge in [0.15, 0.2) is 0 Å². The molecule has 2 aliphatic rings. The summed E-state index contributed by atoms with van der Waals surface area (Å²) in [5.41, 5.74) is 2.96. The van der Waals surface area contributed by atoms with Crippen molar-refractivity contribution < 1.29 is 22.8 Å². The van der Waals surface area contributed by atoms with Crippen molar-refractivity contribution in [2.24, 2.45) is 5.92 Å². The van der Waals surface area contributed by atoms with Crippen LogP contribution in [0.25, 0.3) is 0 Å². The van der Waals surface area contributed by atoms with Gasteiger partial charge in [0.05, 0.1) is 11.6 Å². The van der Waals surface area contributed by atoms with Gasteiger partial charge in [-0.05, 0) is 55.5 Å². The number of anilines is 1. The Balaban J connectivity index is 1.42. The molecule has 1 fully saturated rings. The van der Waals surface area contributed by atoms with Crippen molar-refractivity contribution in [3.8, 4) is 0 Å². The molecule has 4 rings (SSSR count). The Hall–Kier alpha value is -2.90. The third-order valence-corrected chi connectivity index (χ3v) is 6.17. The second-order valence-electron chi connectivity index (χ2n) is 8.32. The molecule has 5 nitrogen and oxygen atoms in total. The lowest BCUT2D eigenvalue weighted by atomic mass is 9.86. The zero-order valence-corrected chi connectivity index (χ0v) is 17.2. The molecule has 1 aliphatic carbocycles. The lowest BCUT2D eigenvalue weighted by molar-refractivity contribution is -0.126. The molecule has 164 valence electrons. The first-order valence-electron chi connectivity index (χ1n) is 10.5. The second-order valence-corrected chi connectivity index (χ2v) is 8.32. The molecule has 2 heterocycles.